The predicted octanol–water partition coefficient (Wildman–Crippen LogP) is 1.91. The Balaban J connectivity index is 1.35. The Morgan fingerprint density at radius 1 is 1.07 bits per heavy atom. The van der Waals surface area contributed by atoms with Gasteiger partial charge in [-0.1, -0.05) is 12.5 Å². The van der Waals surface area contributed by atoms with E-state index in [0.717, 1.165) is 61.4 Å². The summed E-state index contributed by atoms with van der Waals surface area (Å²) in [7, 11) is 0. The number of carbonyl (C=O) groups is 1. The third kappa shape index (κ3) is 3.41. The van der Waals surface area contributed by atoms with Gasteiger partial charge in [-0.15, -0.1) is 0 Å². The number of aryl methyl sites for hydroxylation is 1. The van der Waals surface area contributed by atoms with Crippen molar-refractivity contribution >= 4 is 5.91 Å². The molecule has 3 aliphatic heterocycles. The second-order valence-corrected chi connectivity index (χ2v) is 7.97. The average molecular weight is 398 g/mol. The van der Waals surface area contributed by atoms with Gasteiger partial charge < -0.3 is 14.4 Å². The maximum absolute atomic E-state index is 13.1. The van der Waals surface area contributed by atoms with Crippen LogP contribution in [0.5, 0.6) is 11.5 Å². The number of nitrogens with zero attached hydrogens (tertiary/aromatic N) is 4. The zero-order valence-corrected chi connectivity index (χ0v) is 16.5. The Labute approximate surface area is 169 Å². The molecule has 0 bridgehead atoms. The van der Waals surface area contributed by atoms with Crippen molar-refractivity contribution in [1.82, 2.24) is 19.2 Å². The molecule has 29 heavy (non-hydrogen) atoms. The van der Waals surface area contributed by atoms with Gasteiger partial charge in [0.05, 0.1) is 6.04 Å². The summed E-state index contributed by atoms with van der Waals surface area (Å²) in [6, 6.07) is 5.90. The van der Waals surface area contributed by atoms with Crippen LogP contribution in [0.1, 0.15) is 49.5 Å². The Kier molecular flexibility index (Phi) is 4.77. The second-order valence-electron chi connectivity index (χ2n) is 7.97. The van der Waals surface area contributed by atoms with Gasteiger partial charge in [0.1, 0.15) is 25.6 Å². The molecular weight excluding hydrogens is 372 g/mol. The maximum Gasteiger partial charge on any atom is 0.346 e. The summed E-state index contributed by atoms with van der Waals surface area (Å²) in [5.74, 6) is 2.24. The zero-order chi connectivity index (χ0) is 19.8. The fourth-order valence-electron chi connectivity index (χ4n) is 4.63. The lowest BCUT2D eigenvalue weighted by molar-refractivity contribution is -0.133. The van der Waals surface area contributed by atoms with E-state index in [1.807, 2.05) is 23.1 Å². The molecule has 1 atom stereocenters. The molecule has 8 nitrogen and oxygen atoms in total. The number of hydrogen-bond acceptors (Lipinski definition) is 5. The second kappa shape index (κ2) is 7.57. The molecule has 1 aromatic carbocycles. The number of fused-ring (bicyclic) bond motifs is 2. The molecule has 154 valence electrons. The number of benzene rings is 1. The first-order valence-electron chi connectivity index (χ1n) is 10.6. The molecule has 1 amide bonds. The molecule has 1 unspecified atom stereocenters. The first-order valence-corrected chi connectivity index (χ1v) is 10.6. The summed E-state index contributed by atoms with van der Waals surface area (Å²) in [5, 5.41) is 4.46. The molecule has 1 fully saturated rings. The van der Waals surface area contributed by atoms with Crippen LogP contribution < -0.4 is 15.2 Å². The zero-order valence-electron chi connectivity index (χ0n) is 16.5. The van der Waals surface area contributed by atoms with Crippen LogP contribution in [0.25, 0.3) is 0 Å². The summed E-state index contributed by atoms with van der Waals surface area (Å²) in [6.45, 7) is 2.49. The van der Waals surface area contributed by atoms with E-state index in [2.05, 4.69) is 5.10 Å². The minimum atomic E-state index is -0.162. The van der Waals surface area contributed by atoms with Gasteiger partial charge in [-0.05, 0) is 43.4 Å². The van der Waals surface area contributed by atoms with Gasteiger partial charge in [-0.2, -0.15) is 5.10 Å². The fraction of sp³-hybridized carbons (Fsp3) is 0.571. The molecule has 0 spiro atoms. The summed E-state index contributed by atoms with van der Waals surface area (Å²) in [6.07, 6.45) is 5.81. The standard InChI is InChI=1S/C21H26N4O4/c26-20(14-25-21(27)24-9-3-1-2-6-19(24)22-25)23-10-4-5-16(23)15-7-8-17-18(13-15)29-12-11-28-17/h7-8,13,16H,1-6,9-12,14H2. The van der Waals surface area contributed by atoms with Crippen molar-refractivity contribution in [3.63, 3.8) is 0 Å². The lowest BCUT2D eigenvalue weighted by atomic mass is 10.0. The predicted molar refractivity (Wildman–Crippen MR) is 105 cm³/mol. The summed E-state index contributed by atoms with van der Waals surface area (Å²) >= 11 is 0. The molecule has 8 heteroatoms. The van der Waals surface area contributed by atoms with Gasteiger partial charge >= 0.3 is 5.69 Å². The summed E-state index contributed by atoms with van der Waals surface area (Å²) < 4.78 is 14.4. The van der Waals surface area contributed by atoms with Gasteiger partial charge in [-0.3, -0.25) is 9.36 Å². The van der Waals surface area contributed by atoms with Crippen LogP contribution in [-0.2, 0) is 24.3 Å². The number of aromatic nitrogens is 3. The van der Waals surface area contributed by atoms with E-state index in [1.54, 1.807) is 4.57 Å². The Hall–Kier alpha value is -2.77. The third-order valence-corrected chi connectivity index (χ3v) is 6.09. The lowest BCUT2D eigenvalue weighted by Gasteiger charge is -2.26. The molecule has 1 saturated heterocycles. The van der Waals surface area contributed by atoms with E-state index in [-0.39, 0.29) is 24.2 Å². The van der Waals surface area contributed by atoms with Crippen LogP contribution >= 0.6 is 0 Å². The third-order valence-electron chi connectivity index (χ3n) is 6.09. The van der Waals surface area contributed by atoms with Crippen molar-refractivity contribution in [3.8, 4) is 11.5 Å². The molecule has 3 aliphatic rings. The van der Waals surface area contributed by atoms with Crippen molar-refractivity contribution in [2.24, 2.45) is 0 Å². The van der Waals surface area contributed by atoms with Crippen molar-refractivity contribution < 1.29 is 14.3 Å². The summed E-state index contributed by atoms with van der Waals surface area (Å²) in [4.78, 5) is 27.6. The van der Waals surface area contributed by atoms with E-state index in [4.69, 9.17) is 9.47 Å². The van der Waals surface area contributed by atoms with Crippen LogP contribution in [0.2, 0.25) is 0 Å². The van der Waals surface area contributed by atoms with Crippen LogP contribution in [0.4, 0.5) is 0 Å². The quantitative estimate of drug-likeness (QED) is 0.789. The smallest absolute Gasteiger partial charge is 0.346 e. The molecule has 1 aromatic heterocycles. The number of rotatable bonds is 3. The summed E-state index contributed by atoms with van der Waals surface area (Å²) in [5.41, 5.74) is 0.887. The largest absolute Gasteiger partial charge is 0.486 e. The monoisotopic (exact) mass is 398 g/mol. The van der Waals surface area contributed by atoms with E-state index in [0.29, 0.717) is 26.3 Å². The van der Waals surface area contributed by atoms with Crippen molar-refractivity contribution in [1.29, 1.82) is 0 Å². The molecule has 0 N–H and O–H groups in total. The molecule has 0 saturated carbocycles. The Bertz CT molecular complexity index is 980. The molecule has 4 heterocycles. The highest BCUT2D eigenvalue weighted by Gasteiger charge is 2.31. The van der Waals surface area contributed by atoms with Crippen LogP contribution in [0.15, 0.2) is 23.0 Å². The SMILES string of the molecule is O=C(Cn1nc2n(c1=O)CCCCC2)N1CCCC1c1ccc2c(c1)OCCO2. The van der Waals surface area contributed by atoms with Gasteiger partial charge in [0, 0.05) is 19.5 Å². The first kappa shape index (κ1) is 18.3. The lowest BCUT2D eigenvalue weighted by Crippen LogP contribution is -2.37. The molecule has 0 radical (unpaired) electrons. The number of ether oxygens (including phenoxy) is 2. The van der Waals surface area contributed by atoms with Gasteiger partial charge in [0.15, 0.2) is 11.5 Å². The minimum absolute atomic E-state index is 0.000114. The van der Waals surface area contributed by atoms with E-state index in [1.165, 1.54) is 4.68 Å². The van der Waals surface area contributed by atoms with Gasteiger partial charge in [0.25, 0.3) is 0 Å². The van der Waals surface area contributed by atoms with E-state index >= 15 is 0 Å². The average Bonchev–Trinajstić information content (AvgIpc) is 3.26. The number of hydrogen-bond donors (Lipinski definition) is 0. The Morgan fingerprint density at radius 3 is 2.83 bits per heavy atom. The highest BCUT2D eigenvalue weighted by atomic mass is 16.6. The number of amides is 1. The topological polar surface area (TPSA) is 78.6 Å². The molecule has 0 aliphatic carbocycles. The highest BCUT2D eigenvalue weighted by molar-refractivity contribution is 5.76. The maximum atomic E-state index is 13.1. The molecule has 5 rings (SSSR count). The van der Waals surface area contributed by atoms with E-state index in [9.17, 15) is 9.59 Å². The number of likely N-dealkylation sites (tertiary alicyclic amines) is 1. The fourth-order valence-corrected chi connectivity index (χ4v) is 4.63. The molecular formula is C21H26N4O4. The van der Waals surface area contributed by atoms with Crippen LogP contribution in [0, 0.1) is 0 Å². The van der Waals surface area contributed by atoms with Crippen LogP contribution in [0.3, 0.4) is 0 Å². The molecule has 2 aromatic rings. The van der Waals surface area contributed by atoms with E-state index < -0.39 is 0 Å². The minimum Gasteiger partial charge on any atom is -0.486 e. The first-order chi connectivity index (χ1) is 14.2. The Morgan fingerprint density at radius 2 is 1.93 bits per heavy atom. The van der Waals surface area contributed by atoms with Gasteiger partial charge in [-0.25, -0.2) is 9.48 Å². The van der Waals surface area contributed by atoms with Crippen molar-refractivity contribution in [2.75, 3.05) is 19.8 Å². The van der Waals surface area contributed by atoms with Gasteiger partial charge in [0.2, 0.25) is 5.91 Å². The number of carbonyl (C=O) groups excluding carboxylic acids is 1. The van der Waals surface area contributed by atoms with Crippen molar-refractivity contribution in [2.45, 2.75) is 57.7 Å². The highest BCUT2D eigenvalue weighted by Crippen LogP contribution is 2.38. The van der Waals surface area contributed by atoms with Crippen LogP contribution in [-0.4, -0.2) is 44.9 Å². The van der Waals surface area contributed by atoms with Crippen molar-refractivity contribution in [3.05, 3.63) is 40.1 Å². The normalized spacial score (nSPS) is 21.0.